The van der Waals surface area contributed by atoms with Crippen molar-refractivity contribution in [2.45, 2.75) is 27.7 Å². The van der Waals surface area contributed by atoms with Gasteiger partial charge in [0.1, 0.15) is 11.6 Å². The van der Waals surface area contributed by atoms with E-state index in [9.17, 15) is 0 Å². The molecular weight excluding hydrogens is 470 g/mol. The third-order valence-corrected chi connectivity index (χ3v) is 5.58. The van der Waals surface area contributed by atoms with E-state index >= 15 is 0 Å². The van der Waals surface area contributed by atoms with Gasteiger partial charge in [0.2, 0.25) is 5.95 Å². The van der Waals surface area contributed by atoms with Crippen LogP contribution in [0.4, 0.5) is 23.1 Å². The molecule has 4 N–H and O–H groups in total. The van der Waals surface area contributed by atoms with Crippen LogP contribution in [0.1, 0.15) is 23.9 Å². The summed E-state index contributed by atoms with van der Waals surface area (Å²) in [5.74, 6) is 1.94. The average Bonchev–Trinajstić information content (AvgIpc) is 2.83. The molecule has 0 spiro atoms. The highest BCUT2D eigenvalue weighted by molar-refractivity contribution is 7.80. The summed E-state index contributed by atoms with van der Waals surface area (Å²) in [6, 6.07) is 18.0. The molecule has 2 aromatic heterocycles. The van der Waals surface area contributed by atoms with Crippen molar-refractivity contribution in [1.82, 2.24) is 20.3 Å². The molecule has 4 rings (SSSR count). The molecule has 0 saturated carbocycles. The highest BCUT2D eigenvalue weighted by atomic mass is 32.1. The summed E-state index contributed by atoms with van der Waals surface area (Å²) in [4.78, 5) is 13.6. The average molecular weight is 502 g/mol. The molecule has 0 bridgehead atoms. The molecule has 0 fully saturated rings. The SMILES string of the molecule is CCOc1ccc(Nc2cc(C)nc(NC(=S)NCCNc3cc(C)nc4ccc(C)cc34)n2)cc1. The first-order valence-corrected chi connectivity index (χ1v) is 12.3. The molecule has 0 amide bonds. The molecule has 2 aromatic carbocycles. The van der Waals surface area contributed by atoms with Crippen LogP contribution in [0.15, 0.2) is 54.6 Å². The van der Waals surface area contributed by atoms with Crippen LogP contribution in [0.3, 0.4) is 0 Å². The molecule has 0 aliphatic rings. The van der Waals surface area contributed by atoms with E-state index in [2.05, 4.69) is 67.4 Å². The van der Waals surface area contributed by atoms with Crippen molar-refractivity contribution in [2.24, 2.45) is 0 Å². The van der Waals surface area contributed by atoms with Crippen molar-refractivity contribution >= 4 is 51.4 Å². The van der Waals surface area contributed by atoms with Crippen molar-refractivity contribution in [1.29, 1.82) is 0 Å². The molecule has 0 aliphatic heterocycles. The second kappa shape index (κ2) is 11.6. The van der Waals surface area contributed by atoms with Crippen LogP contribution in [0.5, 0.6) is 5.75 Å². The first-order valence-electron chi connectivity index (χ1n) is 11.9. The first-order chi connectivity index (χ1) is 17.4. The van der Waals surface area contributed by atoms with Gasteiger partial charge < -0.3 is 26.0 Å². The second-order valence-electron chi connectivity index (χ2n) is 8.44. The number of aryl methyl sites for hydroxylation is 3. The summed E-state index contributed by atoms with van der Waals surface area (Å²) in [5, 5.41) is 14.7. The highest BCUT2D eigenvalue weighted by Gasteiger charge is 2.07. The Morgan fingerprint density at radius 2 is 1.67 bits per heavy atom. The fourth-order valence-corrected chi connectivity index (χ4v) is 3.97. The summed E-state index contributed by atoms with van der Waals surface area (Å²) in [5.41, 5.74) is 5.96. The zero-order chi connectivity index (χ0) is 25.5. The number of hydrogen-bond acceptors (Lipinski definition) is 7. The van der Waals surface area contributed by atoms with Crippen molar-refractivity contribution in [2.75, 3.05) is 35.6 Å². The lowest BCUT2D eigenvalue weighted by Crippen LogP contribution is -2.33. The number of nitrogens with one attached hydrogen (secondary N) is 4. The topological polar surface area (TPSA) is 96.0 Å². The largest absolute Gasteiger partial charge is 0.494 e. The monoisotopic (exact) mass is 501 g/mol. The second-order valence-corrected chi connectivity index (χ2v) is 8.85. The lowest BCUT2D eigenvalue weighted by Gasteiger charge is -2.14. The Labute approximate surface area is 216 Å². The number of benzene rings is 2. The summed E-state index contributed by atoms with van der Waals surface area (Å²) < 4.78 is 5.50. The van der Waals surface area contributed by atoms with Crippen LogP contribution in [0.2, 0.25) is 0 Å². The van der Waals surface area contributed by atoms with Crippen molar-refractivity contribution in [3.05, 3.63) is 71.5 Å². The van der Waals surface area contributed by atoms with E-state index in [1.54, 1.807) is 0 Å². The van der Waals surface area contributed by atoms with Crippen LogP contribution in [-0.2, 0) is 0 Å². The normalized spacial score (nSPS) is 10.7. The summed E-state index contributed by atoms with van der Waals surface area (Å²) in [6.07, 6.45) is 0. The van der Waals surface area contributed by atoms with Crippen molar-refractivity contribution in [3.63, 3.8) is 0 Å². The van der Waals surface area contributed by atoms with Gasteiger partial charge in [0, 0.05) is 47.3 Å². The highest BCUT2D eigenvalue weighted by Crippen LogP contribution is 2.24. The summed E-state index contributed by atoms with van der Waals surface area (Å²) in [6.45, 7) is 9.92. The van der Waals surface area contributed by atoms with Crippen LogP contribution < -0.4 is 26.0 Å². The maximum Gasteiger partial charge on any atom is 0.231 e. The molecule has 36 heavy (non-hydrogen) atoms. The van der Waals surface area contributed by atoms with Gasteiger partial charge in [-0.3, -0.25) is 4.98 Å². The van der Waals surface area contributed by atoms with Gasteiger partial charge in [0.05, 0.1) is 12.1 Å². The van der Waals surface area contributed by atoms with E-state index in [0.717, 1.165) is 39.4 Å². The molecule has 4 aromatic rings. The standard InChI is InChI=1S/C27H31N7OS/c1-5-35-21-9-7-20(8-10-21)32-25-16-19(4)31-26(33-25)34-27(36)29-13-12-28-24-15-18(3)30-23-11-6-17(2)14-22(23)24/h6-11,14-16H,5,12-13H2,1-4H3,(H,28,30)(H3,29,31,32,33,34,36). The van der Waals surface area contributed by atoms with Crippen LogP contribution in [-0.4, -0.2) is 39.8 Å². The molecule has 186 valence electrons. The molecule has 0 atom stereocenters. The van der Waals surface area contributed by atoms with E-state index in [4.69, 9.17) is 17.0 Å². The van der Waals surface area contributed by atoms with Crippen molar-refractivity contribution in [3.8, 4) is 5.75 Å². The van der Waals surface area contributed by atoms with Gasteiger partial charge in [0.25, 0.3) is 0 Å². The Morgan fingerprint density at radius 1 is 0.889 bits per heavy atom. The minimum atomic E-state index is 0.431. The quantitative estimate of drug-likeness (QED) is 0.175. The number of ether oxygens (including phenoxy) is 1. The Morgan fingerprint density at radius 3 is 2.44 bits per heavy atom. The predicted molar refractivity (Wildman–Crippen MR) is 152 cm³/mol. The zero-order valence-electron chi connectivity index (χ0n) is 21.0. The molecule has 8 nitrogen and oxygen atoms in total. The first kappa shape index (κ1) is 25.1. The number of hydrogen-bond donors (Lipinski definition) is 4. The fraction of sp³-hybridized carbons (Fsp3) is 0.259. The summed E-state index contributed by atoms with van der Waals surface area (Å²) in [7, 11) is 0. The Balaban J connectivity index is 1.31. The van der Waals surface area contributed by atoms with Gasteiger partial charge >= 0.3 is 0 Å². The molecule has 0 radical (unpaired) electrons. The third kappa shape index (κ3) is 6.79. The zero-order valence-corrected chi connectivity index (χ0v) is 21.8. The van der Waals surface area contributed by atoms with Crippen LogP contribution in [0, 0.1) is 20.8 Å². The van der Waals surface area contributed by atoms with Gasteiger partial charge in [-0.15, -0.1) is 0 Å². The predicted octanol–water partition coefficient (Wildman–Crippen LogP) is 5.49. The fourth-order valence-electron chi connectivity index (χ4n) is 3.77. The van der Waals surface area contributed by atoms with Gasteiger partial charge in [0.15, 0.2) is 5.11 Å². The minimum Gasteiger partial charge on any atom is -0.494 e. The third-order valence-electron chi connectivity index (χ3n) is 5.34. The number of aromatic nitrogens is 3. The molecule has 0 unspecified atom stereocenters. The Bertz CT molecular complexity index is 1360. The lowest BCUT2D eigenvalue weighted by atomic mass is 10.1. The number of rotatable bonds is 9. The lowest BCUT2D eigenvalue weighted by molar-refractivity contribution is 0.340. The summed E-state index contributed by atoms with van der Waals surface area (Å²) >= 11 is 5.46. The molecular formula is C27H31N7OS. The smallest absolute Gasteiger partial charge is 0.231 e. The van der Waals surface area contributed by atoms with E-state index < -0.39 is 0 Å². The van der Waals surface area contributed by atoms with Gasteiger partial charge in [-0.1, -0.05) is 11.6 Å². The molecule has 2 heterocycles. The molecule has 0 aliphatic carbocycles. The van der Waals surface area contributed by atoms with E-state index in [1.165, 1.54) is 5.56 Å². The Kier molecular flexibility index (Phi) is 8.12. The molecule has 0 saturated heterocycles. The number of thiocarbonyl (C=S) groups is 1. The van der Waals surface area contributed by atoms with E-state index in [0.29, 0.717) is 36.6 Å². The van der Waals surface area contributed by atoms with Gasteiger partial charge in [-0.2, -0.15) is 4.98 Å². The van der Waals surface area contributed by atoms with Gasteiger partial charge in [-0.05, 0) is 82.4 Å². The minimum absolute atomic E-state index is 0.431. The van der Waals surface area contributed by atoms with Crippen LogP contribution in [0.25, 0.3) is 10.9 Å². The maximum absolute atomic E-state index is 5.50. The van der Waals surface area contributed by atoms with Crippen LogP contribution >= 0.6 is 12.2 Å². The number of pyridine rings is 1. The number of fused-ring (bicyclic) bond motifs is 1. The Hall–Kier alpha value is -3.98. The number of anilines is 4. The maximum atomic E-state index is 5.50. The molecule has 9 heteroatoms. The van der Waals surface area contributed by atoms with Gasteiger partial charge in [-0.25, -0.2) is 4.98 Å². The van der Waals surface area contributed by atoms with E-state index in [-0.39, 0.29) is 0 Å². The van der Waals surface area contributed by atoms with Crippen molar-refractivity contribution < 1.29 is 4.74 Å². The van der Waals surface area contributed by atoms with E-state index in [1.807, 2.05) is 51.1 Å². The number of nitrogens with zero attached hydrogens (tertiary/aromatic N) is 3.